The topological polar surface area (TPSA) is 93.2 Å². The van der Waals surface area contributed by atoms with Gasteiger partial charge in [-0.25, -0.2) is 0 Å². The molecule has 0 aromatic heterocycles. The maximum atomic E-state index is 11.8. The van der Waals surface area contributed by atoms with Crippen molar-refractivity contribution in [2.45, 2.75) is 25.3 Å². The second-order valence-corrected chi connectivity index (χ2v) is 5.78. The monoisotopic (exact) mass is 354 g/mol. The van der Waals surface area contributed by atoms with Crippen LogP contribution in [0.2, 0.25) is 0 Å². The van der Waals surface area contributed by atoms with Crippen molar-refractivity contribution in [3.8, 4) is 0 Å². The fourth-order valence-electron chi connectivity index (χ4n) is 1.81. The van der Waals surface area contributed by atoms with Gasteiger partial charge in [-0.05, 0) is 37.0 Å². The minimum absolute atomic E-state index is 0.112. The number of nitrogens with one attached hydrogen (secondary N) is 2. The van der Waals surface area contributed by atoms with Crippen LogP contribution in [-0.2, 0) is 11.2 Å². The van der Waals surface area contributed by atoms with E-state index in [1.807, 2.05) is 24.3 Å². The molecule has 1 unspecified atom stereocenters. The summed E-state index contributed by atoms with van der Waals surface area (Å²) in [5.41, 5.74) is 12.4. The van der Waals surface area contributed by atoms with Crippen LogP contribution in [0.25, 0.3) is 0 Å². The Balaban J connectivity index is 2.17. The second kappa shape index (κ2) is 9.41. The number of nitrogens with two attached hydrogens (primary N) is 2. The van der Waals surface area contributed by atoms with Gasteiger partial charge in [0.05, 0.1) is 11.9 Å². The molecule has 0 fully saturated rings. The van der Waals surface area contributed by atoms with Gasteiger partial charge >= 0.3 is 0 Å². The molecular weight excluding hydrogens is 332 g/mol. The predicted molar refractivity (Wildman–Crippen MR) is 89.4 cm³/mol. The lowest BCUT2D eigenvalue weighted by atomic mass is 10.1. The summed E-state index contributed by atoms with van der Waals surface area (Å²) in [6.45, 7) is 4.80. The van der Waals surface area contributed by atoms with E-state index in [1.165, 1.54) is 5.56 Å². The fourth-order valence-corrected chi connectivity index (χ4v) is 2.08. The van der Waals surface area contributed by atoms with Gasteiger partial charge in [-0.3, -0.25) is 4.79 Å². The van der Waals surface area contributed by atoms with Crippen molar-refractivity contribution in [3.05, 3.63) is 46.7 Å². The Morgan fingerprint density at radius 1 is 1.24 bits per heavy atom. The molecule has 0 heterocycles. The standard InChI is InChI=1S/C15H23BrN4O/c1-11(17)19-9-2-3-14(18)15(21)20-10-8-12-4-6-13(16)7-5-12/h4-7,14,19H,1-3,8-10,17-18H2,(H,20,21). The van der Waals surface area contributed by atoms with Crippen molar-refractivity contribution >= 4 is 21.8 Å². The van der Waals surface area contributed by atoms with E-state index in [2.05, 4.69) is 33.1 Å². The second-order valence-electron chi connectivity index (χ2n) is 4.87. The molecule has 1 aromatic carbocycles. The number of carbonyl (C=O) groups is 1. The van der Waals surface area contributed by atoms with Gasteiger partial charge in [-0.1, -0.05) is 34.6 Å². The Labute approximate surface area is 134 Å². The zero-order chi connectivity index (χ0) is 15.7. The van der Waals surface area contributed by atoms with Crippen molar-refractivity contribution in [3.63, 3.8) is 0 Å². The number of rotatable bonds is 9. The van der Waals surface area contributed by atoms with Crippen LogP contribution in [0.1, 0.15) is 18.4 Å². The van der Waals surface area contributed by atoms with Gasteiger partial charge < -0.3 is 22.1 Å². The van der Waals surface area contributed by atoms with Crippen molar-refractivity contribution in [1.82, 2.24) is 10.6 Å². The number of hydrogen-bond acceptors (Lipinski definition) is 4. The Morgan fingerprint density at radius 3 is 2.52 bits per heavy atom. The number of carbonyl (C=O) groups excluding carboxylic acids is 1. The minimum atomic E-state index is -0.484. The largest absolute Gasteiger partial charge is 0.386 e. The minimum Gasteiger partial charge on any atom is -0.386 e. The SMILES string of the molecule is C=C(N)NCCCC(N)C(=O)NCCc1ccc(Br)cc1. The van der Waals surface area contributed by atoms with Crippen LogP contribution in [0, 0.1) is 0 Å². The van der Waals surface area contributed by atoms with Crippen LogP contribution < -0.4 is 22.1 Å². The van der Waals surface area contributed by atoms with Crippen LogP contribution in [0.5, 0.6) is 0 Å². The van der Waals surface area contributed by atoms with E-state index in [9.17, 15) is 4.79 Å². The van der Waals surface area contributed by atoms with E-state index in [4.69, 9.17) is 11.5 Å². The zero-order valence-corrected chi connectivity index (χ0v) is 13.7. The van der Waals surface area contributed by atoms with Gasteiger partial charge in [0, 0.05) is 17.6 Å². The molecule has 1 aromatic rings. The van der Waals surface area contributed by atoms with Gasteiger partial charge in [0.25, 0.3) is 0 Å². The molecule has 0 spiro atoms. The third kappa shape index (κ3) is 7.72. The first-order chi connectivity index (χ1) is 9.99. The highest BCUT2D eigenvalue weighted by Crippen LogP contribution is 2.10. The molecular formula is C15H23BrN4O. The summed E-state index contributed by atoms with van der Waals surface area (Å²) in [5, 5.41) is 5.76. The van der Waals surface area contributed by atoms with Gasteiger partial charge in [0.2, 0.25) is 5.91 Å². The van der Waals surface area contributed by atoms with Gasteiger partial charge in [-0.15, -0.1) is 0 Å². The van der Waals surface area contributed by atoms with Gasteiger partial charge in [-0.2, -0.15) is 0 Å². The van der Waals surface area contributed by atoms with E-state index >= 15 is 0 Å². The fraction of sp³-hybridized carbons (Fsp3) is 0.400. The molecule has 6 N–H and O–H groups in total. The Bertz CT molecular complexity index is 461. The van der Waals surface area contributed by atoms with E-state index in [-0.39, 0.29) is 5.91 Å². The lowest BCUT2D eigenvalue weighted by molar-refractivity contribution is -0.122. The molecule has 0 saturated heterocycles. The first-order valence-corrected chi connectivity index (χ1v) is 7.74. The highest BCUT2D eigenvalue weighted by molar-refractivity contribution is 9.10. The third-order valence-electron chi connectivity index (χ3n) is 3.01. The highest BCUT2D eigenvalue weighted by atomic mass is 79.9. The molecule has 1 amide bonds. The Kier molecular flexibility index (Phi) is 7.85. The van der Waals surface area contributed by atoms with Crippen molar-refractivity contribution in [2.24, 2.45) is 11.5 Å². The molecule has 116 valence electrons. The number of benzene rings is 1. The van der Waals surface area contributed by atoms with E-state index in [0.29, 0.717) is 25.3 Å². The summed E-state index contributed by atoms with van der Waals surface area (Å²) in [6, 6.07) is 7.55. The molecule has 1 rings (SSSR count). The molecule has 0 saturated carbocycles. The van der Waals surface area contributed by atoms with E-state index < -0.39 is 6.04 Å². The molecule has 0 radical (unpaired) electrons. The van der Waals surface area contributed by atoms with Crippen LogP contribution >= 0.6 is 15.9 Å². The Hall–Kier alpha value is -1.53. The van der Waals surface area contributed by atoms with Crippen LogP contribution in [0.15, 0.2) is 41.1 Å². The molecule has 5 nitrogen and oxygen atoms in total. The highest BCUT2D eigenvalue weighted by Gasteiger charge is 2.12. The molecule has 1 atom stereocenters. The summed E-state index contributed by atoms with van der Waals surface area (Å²) in [4.78, 5) is 11.8. The molecule has 0 aliphatic carbocycles. The van der Waals surface area contributed by atoms with Crippen LogP contribution in [0.4, 0.5) is 0 Å². The van der Waals surface area contributed by atoms with Gasteiger partial charge in [0.15, 0.2) is 0 Å². The lowest BCUT2D eigenvalue weighted by Crippen LogP contribution is -2.41. The summed E-state index contributed by atoms with van der Waals surface area (Å²) >= 11 is 3.39. The number of halogens is 1. The van der Waals surface area contributed by atoms with Crippen LogP contribution in [0.3, 0.4) is 0 Å². The normalized spacial score (nSPS) is 11.7. The van der Waals surface area contributed by atoms with Crippen LogP contribution in [-0.4, -0.2) is 25.0 Å². The van der Waals surface area contributed by atoms with E-state index in [1.54, 1.807) is 0 Å². The predicted octanol–water partition coefficient (Wildman–Crippen LogP) is 1.23. The van der Waals surface area contributed by atoms with Crippen molar-refractivity contribution < 1.29 is 4.79 Å². The summed E-state index contributed by atoms with van der Waals surface area (Å²) in [5.74, 6) is 0.321. The summed E-state index contributed by atoms with van der Waals surface area (Å²) < 4.78 is 1.05. The van der Waals surface area contributed by atoms with Crippen molar-refractivity contribution in [1.29, 1.82) is 0 Å². The Morgan fingerprint density at radius 2 is 1.90 bits per heavy atom. The molecule has 6 heteroatoms. The number of hydrogen-bond donors (Lipinski definition) is 4. The maximum Gasteiger partial charge on any atom is 0.236 e. The average Bonchev–Trinajstić information content (AvgIpc) is 2.45. The smallest absolute Gasteiger partial charge is 0.236 e. The van der Waals surface area contributed by atoms with Gasteiger partial charge in [0.1, 0.15) is 0 Å². The first-order valence-electron chi connectivity index (χ1n) is 6.95. The molecule has 0 bridgehead atoms. The maximum absolute atomic E-state index is 11.8. The van der Waals surface area contributed by atoms with E-state index in [0.717, 1.165) is 17.3 Å². The summed E-state index contributed by atoms with van der Waals surface area (Å²) in [6.07, 6.45) is 2.18. The molecule has 0 aliphatic rings. The molecule has 0 aliphatic heterocycles. The first kappa shape index (κ1) is 17.5. The zero-order valence-electron chi connectivity index (χ0n) is 12.1. The lowest BCUT2D eigenvalue weighted by Gasteiger charge is -2.12. The molecule has 21 heavy (non-hydrogen) atoms. The number of amides is 1. The summed E-state index contributed by atoms with van der Waals surface area (Å²) in [7, 11) is 0. The third-order valence-corrected chi connectivity index (χ3v) is 3.54. The average molecular weight is 355 g/mol. The quantitative estimate of drug-likeness (QED) is 0.502. The van der Waals surface area contributed by atoms with Crippen molar-refractivity contribution in [2.75, 3.05) is 13.1 Å².